The lowest BCUT2D eigenvalue weighted by atomic mass is 10.1. The molecule has 0 bridgehead atoms. The van der Waals surface area contributed by atoms with Crippen LogP contribution in [0.1, 0.15) is 21.7 Å². The number of furan rings is 1. The molecule has 3 nitrogen and oxygen atoms in total. The Morgan fingerprint density at radius 2 is 1.67 bits per heavy atom. The molecular formula is C18H14O3. The van der Waals surface area contributed by atoms with E-state index in [1.807, 2.05) is 37.3 Å². The molecule has 0 aliphatic rings. The summed E-state index contributed by atoms with van der Waals surface area (Å²) >= 11 is 0. The molecule has 0 amide bonds. The van der Waals surface area contributed by atoms with Crippen LogP contribution >= 0.6 is 0 Å². The fraction of sp³-hybridized carbons (Fsp3) is 0.0556. The molecule has 0 atom stereocenters. The predicted octanol–water partition coefficient (Wildman–Crippen LogP) is 4.19. The van der Waals surface area contributed by atoms with Crippen molar-refractivity contribution in [2.24, 2.45) is 0 Å². The van der Waals surface area contributed by atoms with Gasteiger partial charge in [0.25, 0.3) is 0 Å². The standard InChI is InChI=1S/C18H14O3/c1-12-7-9-13(10-8-12)16-11-15(19)18(21-16)17(20)14-5-3-2-4-6-14/h2-11,19H,1H3. The molecule has 1 heterocycles. The second-order valence-corrected chi connectivity index (χ2v) is 4.89. The summed E-state index contributed by atoms with van der Waals surface area (Å²) < 4.78 is 5.56. The van der Waals surface area contributed by atoms with Crippen molar-refractivity contribution in [3.8, 4) is 17.1 Å². The number of ketones is 1. The van der Waals surface area contributed by atoms with Gasteiger partial charge in [0.15, 0.2) is 5.75 Å². The maximum Gasteiger partial charge on any atom is 0.232 e. The fourth-order valence-electron chi connectivity index (χ4n) is 2.12. The van der Waals surface area contributed by atoms with E-state index in [9.17, 15) is 9.90 Å². The molecule has 21 heavy (non-hydrogen) atoms. The van der Waals surface area contributed by atoms with Crippen molar-refractivity contribution >= 4 is 5.78 Å². The van der Waals surface area contributed by atoms with E-state index in [0.717, 1.165) is 11.1 Å². The Kier molecular flexibility index (Phi) is 3.32. The van der Waals surface area contributed by atoms with Gasteiger partial charge in [-0.05, 0) is 6.92 Å². The third kappa shape index (κ3) is 2.58. The van der Waals surface area contributed by atoms with Crippen LogP contribution in [-0.4, -0.2) is 10.9 Å². The zero-order chi connectivity index (χ0) is 14.8. The van der Waals surface area contributed by atoms with Crippen LogP contribution in [0.4, 0.5) is 0 Å². The first-order valence-electron chi connectivity index (χ1n) is 6.65. The number of hydrogen-bond acceptors (Lipinski definition) is 3. The minimum absolute atomic E-state index is 0.0308. The van der Waals surface area contributed by atoms with Crippen LogP contribution < -0.4 is 0 Å². The van der Waals surface area contributed by atoms with Crippen LogP contribution in [0.3, 0.4) is 0 Å². The van der Waals surface area contributed by atoms with Gasteiger partial charge in [0.1, 0.15) is 5.76 Å². The Bertz CT molecular complexity index is 768. The van der Waals surface area contributed by atoms with Gasteiger partial charge in [-0.2, -0.15) is 0 Å². The van der Waals surface area contributed by atoms with E-state index in [1.165, 1.54) is 6.07 Å². The molecule has 104 valence electrons. The number of carbonyl (C=O) groups excluding carboxylic acids is 1. The third-order valence-electron chi connectivity index (χ3n) is 3.29. The van der Waals surface area contributed by atoms with Gasteiger partial charge in [0.05, 0.1) is 0 Å². The van der Waals surface area contributed by atoms with E-state index in [0.29, 0.717) is 11.3 Å². The second kappa shape index (κ2) is 5.29. The molecule has 0 radical (unpaired) electrons. The zero-order valence-corrected chi connectivity index (χ0v) is 11.5. The quantitative estimate of drug-likeness (QED) is 0.731. The smallest absolute Gasteiger partial charge is 0.232 e. The number of carbonyl (C=O) groups is 1. The van der Waals surface area contributed by atoms with E-state index in [-0.39, 0.29) is 17.3 Å². The van der Waals surface area contributed by atoms with Crippen LogP contribution in [0.15, 0.2) is 65.1 Å². The van der Waals surface area contributed by atoms with Crippen molar-refractivity contribution in [3.05, 3.63) is 77.6 Å². The largest absolute Gasteiger partial charge is 0.504 e. The van der Waals surface area contributed by atoms with Gasteiger partial charge in [-0.15, -0.1) is 0 Å². The third-order valence-corrected chi connectivity index (χ3v) is 3.29. The summed E-state index contributed by atoms with van der Waals surface area (Å²) in [6, 6.07) is 17.9. The minimum Gasteiger partial charge on any atom is -0.504 e. The van der Waals surface area contributed by atoms with Crippen molar-refractivity contribution < 1.29 is 14.3 Å². The highest BCUT2D eigenvalue weighted by Gasteiger charge is 2.20. The van der Waals surface area contributed by atoms with Gasteiger partial charge >= 0.3 is 0 Å². The minimum atomic E-state index is -0.327. The zero-order valence-electron chi connectivity index (χ0n) is 11.5. The number of aromatic hydroxyl groups is 1. The Morgan fingerprint density at radius 3 is 2.33 bits per heavy atom. The Hall–Kier alpha value is -2.81. The summed E-state index contributed by atoms with van der Waals surface area (Å²) in [5.41, 5.74) is 2.44. The molecule has 0 unspecified atom stereocenters. The van der Waals surface area contributed by atoms with Crippen molar-refractivity contribution in [2.75, 3.05) is 0 Å². The average Bonchev–Trinajstić information content (AvgIpc) is 2.90. The van der Waals surface area contributed by atoms with Gasteiger partial charge in [-0.1, -0.05) is 60.2 Å². The molecule has 0 aliphatic carbocycles. The average molecular weight is 278 g/mol. The first kappa shape index (κ1) is 13.2. The number of benzene rings is 2. The normalized spacial score (nSPS) is 10.5. The van der Waals surface area contributed by atoms with E-state index in [2.05, 4.69) is 0 Å². The first-order valence-corrected chi connectivity index (χ1v) is 6.65. The maximum absolute atomic E-state index is 12.3. The highest BCUT2D eigenvalue weighted by atomic mass is 16.4. The Labute approximate surface area is 122 Å². The maximum atomic E-state index is 12.3. The Balaban J connectivity index is 1.98. The number of aryl methyl sites for hydroxylation is 1. The summed E-state index contributed by atoms with van der Waals surface area (Å²) in [6.45, 7) is 1.99. The van der Waals surface area contributed by atoms with Crippen LogP contribution in [0.5, 0.6) is 5.75 Å². The molecular weight excluding hydrogens is 264 g/mol. The summed E-state index contributed by atoms with van der Waals surface area (Å²) in [4.78, 5) is 12.3. The van der Waals surface area contributed by atoms with Gasteiger partial charge in [-0.3, -0.25) is 4.79 Å². The molecule has 3 heteroatoms. The van der Waals surface area contributed by atoms with Crippen molar-refractivity contribution in [1.29, 1.82) is 0 Å². The number of hydrogen-bond donors (Lipinski definition) is 1. The van der Waals surface area contributed by atoms with Gasteiger partial charge in [0.2, 0.25) is 11.5 Å². The van der Waals surface area contributed by atoms with Gasteiger partial charge in [0, 0.05) is 17.2 Å². The molecule has 0 spiro atoms. The SMILES string of the molecule is Cc1ccc(-c2cc(O)c(C(=O)c3ccccc3)o2)cc1. The lowest BCUT2D eigenvalue weighted by Gasteiger charge is -1.99. The Morgan fingerprint density at radius 1 is 1.00 bits per heavy atom. The van der Waals surface area contributed by atoms with E-state index >= 15 is 0 Å². The molecule has 1 N–H and O–H groups in total. The van der Waals surface area contributed by atoms with Crippen molar-refractivity contribution in [1.82, 2.24) is 0 Å². The van der Waals surface area contributed by atoms with E-state index < -0.39 is 0 Å². The van der Waals surface area contributed by atoms with Gasteiger partial charge in [-0.25, -0.2) is 0 Å². The van der Waals surface area contributed by atoms with E-state index in [4.69, 9.17) is 4.42 Å². The predicted molar refractivity (Wildman–Crippen MR) is 80.4 cm³/mol. The summed E-state index contributed by atoms with van der Waals surface area (Å²) in [7, 11) is 0. The van der Waals surface area contributed by atoms with Crippen LogP contribution in [0, 0.1) is 6.92 Å². The highest BCUT2D eigenvalue weighted by Crippen LogP contribution is 2.31. The highest BCUT2D eigenvalue weighted by molar-refractivity contribution is 6.09. The van der Waals surface area contributed by atoms with Crippen LogP contribution in [0.25, 0.3) is 11.3 Å². The molecule has 1 aromatic heterocycles. The van der Waals surface area contributed by atoms with E-state index in [1.54, 1.807) is 24.3 Å². The molecule has 0 fully saturated rings. The molecule has 0 saturated heterocycles. The number of rotatable bonds is 3. The monoisotopic (exact) mass is 278 g/mol. The fourth-order valence-corrected chi connectivity index (χ4v) is 2.12. The molecule has 0 saturated carbocycles. The van der Waals surface area contributed by atoms with Crippen molar-refractivity contribution in [3.63, 3.8) is 0 Å². The van der Waals surface area contributed by atoms with Crippen molar-refractivity contribution in [2.45, 2.75) is 6.92 Å². The molecule has 3 aromatic rings. The van der Waals surface area contributed by atoms with Crippen LogP contribution in [-0.2, 0) is 0 Å². The topological polar surface area (TPSA) is 50.4 Å². The lowest BCUT2D eigenvalue weighted by molar-refractivity contribution is 0.101. The second-order valence-electron chi connectivity index (χ2n) is 4.89. The molecule has 0 aliphatic heterocycles. The first-order chi connectivity index (χ1) is 10.1. The molecule has 3 rings (SSSR count). The van der Waals surface area contributed by atoms with Gasteiger partial charge < -0.3 is 9.52 Å². The summed E-state index contributed by atoms with van der Waals surface area (Å²) in [6.07, 6.45) is 0. The lowest BCUT2D eigenvalue weighted by Crippen LogP contribution is -1.99. The molecule has 2 aromatic carbocycles. The van der Waals surface area contributed by atoms with Crippen LogP contribution in [0.2, 0.25) is 0 Å². The summed E-state index contributed by atoms with van der Waals surface area (Å²) in [5.74, 6) is -0.0190. The summed E-state index contributed by atoms with van der Waals surface area (Å²) in [5, 5.41) is 9.96.